The molecule has 4 rings (SSSR count). The molecule has 1 saturated heterocycles. The van der Waals surface area contributed by atoms with Crippen LogP contribution in [0.3, 0.4) is 0 Å². The fourth-order valence-corrected chi connectivity index (χ4v) is 4.34. The number of amides is 3. The third-order valence-electron chi connectivity index (χ3n) is 5.74. The van der Waals surface area contributed by atoms with Crippen LogP contribution in [0.25, 0.3) is 0 Å². The maximum absolute atomic E-state index is 12.6. The van der Waals surface area contributed by atoms with Crippen LogP contribution in [-0.2, 0) is 14.4 Å². The van der Waals surface area contributed by atoms with Gasteiger partial charge >= 0.3 is 0 Å². The largest absolute Gasteiger partial charge is 0.324 e. The van der Waals surface area contributed by atoms with Crippen LogP contribution in [0.1, 0.15) is 17.5 Å². The molecule has 5 nitrogen and oxygen atoms in total. The van der Waals surface area contributed by atoms with E-state index in [0.29, 0.717) is 0 Å². The number of imide groups is 1. The minimum absolute atomic E-state index is 0.170. The minimum Gasteiger partial charge on any atom is -0.324 e. The molecule has 2 unspecified atom stereocenters. The molecule has 3 aliphatic rings. The van der Waals surface area contributed by atoms with Crippen molar-refractivity contribution in [1.82, 2.24) is 4.90 Å². The molecular weight excluding hydrogens is 304 g/mol. The Hall–Kier alpha value is -2.43. The van der Waals surface area contributed by atoms with Crippen molar-refractivity contribution in [3.8, 4) is 0 Å². The van der Waals surface area contributed by atoms with Gasteiger partial charge in [0.2, 0.25) is 17.7 Å². The SMILES string of the molecule is Cc1cccc(NC(=O)CN2C(=O)C3C(C2=O)[C@H]2C=C[C@@H]3C2)c1C. The van der Waals surface area contributed by atoms with Crippen LogP contribution in [0.15, 0.2) is 30.4 Å². The lowest BCUT2D eigenvalue weighted by Crippen LogP contribution is -2.39. The van der Waals surface area contributed by atoms with E-state index >= 15 is 0 Å². The van der Waals surface area contributed by atoms with E-state index in [9.17, 15) is 14.4 Å². The minimum atomic E-state index is -0.328. The molecule has 1 saturated carbocycles. The molecule has 0 radical (unpaired) electrons. The van der Waals surface area contributed by atoms with Gasteiger partial charge in [0.25, 0.3) is 0 Å². The Kier molecular flexibility index (Phi) is 3.34. The second-order valence-corrected chi connectivity index (χ2v) is 7.06. The van der Waals surface area contributed by atoms with E-state index in [1.807, 2.05) is 32.0 Å². The summed E-state index contributed by atoms with van der Waals surface area (Å²) in [5.41, 5.74) is 2.79. The molecule has 5 heteroatoms. The van der Waals surface area contributed by atoms with Crippen LogP contribution in [0, 0.1) is 37.5 Å². The molecular formula is C19H20N2O3. The Morgan fingerprint density at radius 1 is 1.12 bits per heavy atom. The first-order valence-electron chi connectivity index (χ1n) is 8.37. The second-order valence-electron chi connectivity index (χ2n) is 7.06. The van der Waals surface area contributed by atoms with E-state index < -0.39 is 0 Å². The highest BCUT2D eigenvalue weighted by molar-refractivity contribution is 6.09. The van der Waals surface area contributed by atoms with E-state index in [2.05, 4.69) is 17.5 Å². The Morgan fingerprint density at radius 3 is 2.38 bits per heavy atom. The van der Waals surface area contributed by atoms with Crippen molar-refractivity contribution in [2.45, 2.75) is 20.3 Å². The highest BCUT2D eigenvalue weighted by Crippen LogP contribution is 2.52. The topological polar surface area (TPSA) is 66.5 Å². The Morgan fingerprint density at radius 2 is 1.75 bits per heavy atom. The zero-order valence-electron chi connectivity index (χ0n) is 13.8. The van der Waals surface area contributed by atoms with Crippen molar-refractivity contribution < 1.29 is 14.4 Å². The second kappa shape index (κ2) is 5.30. The molecule has 1 heterocycles. The molecule has 24 heavy (non-hydrogen) atoms. The number of carbonyl (C=O) groups is 3. The summed E-state index contributed by atoms with van der Waals surface area (Å²) in [7, 11) is 0. The molecule has 3 amide bonds. The Balaban J connectivity index is 1.48. The molecule has 1 N–H and O–H groups in total. The van der Waals surface area contributed by atoms with E-state index in [-0.39, 0.29) is 47.9 Å². The van der Waals surface area contributed by atoms with Gasteiger partial charge in [0, 0.05) is 5.69 Å². The van der Waals surface area contributed by atoms with Gasteiger partial charge in [0.1, 0.15) is 6.54 Å². The van der Waals surface area contributed by atoms with Crippen molar-refractivity contribution in [3.05, 3.63) is 41.5 Å². The standard InChI is InChI=1S/C19H20N2O3/c1-10-4-3-5-14(11(10)2)20-15(22)9-21-18(23)16-12-6-7-13(8-12)17(16)19(21)24/h3-7,12-13,16-17H,8-9H2,1-2H3,(H,20,22)/t12-,13+,16?,17?. The molecule has 124 valence electrons. The predicted octanol–water partition coefficient (Wildman–Crippen LogP) is 2.05. The molecule has 4 atom stereocenters. The third kappa shape index (κ3) is 2.11. The fraction of sp³-hybridized carbons (Fsp3) is 0.421. The summed E-state index contributed by atoms with van der Waals surface area (Å²) in [6, 6.07) is 5.67. The number of nitrogens with zero attached hydrogens (tertiary/aromatic N) is 1. The van der Waals surface area contributed by atoms with Crippen molar-refractivity contribution in [2.24, 2.45) is 23.7 Å². The van der Waals surface area contributed by atoms with Crippen molar-refractivity contribution >= 4 is 23.4 Å². The van der Waals surface area contributed by atoms with Crippen LogP contribution < -0.4 is 5.32 Å². The monoisotopic (exact) mass is 324 g/mol. The van der Waals surface area contributed by atoms with Crippen molar-refractivity contribution in [1.29, 1.82) is 0 Å². The molecule has 2 bridgehead atoms. The van der Waals surface area contributed by atoms with Gasteiger partial charge in [-0.1, -0.05) is 24.3 Å². The molecule has 1 aromatic carbocycles. The average Bonchev–Trinajstić information content (AvgIpc) is 3.22. The summed E-state index contributed by atoms with van der Waals surface area (Å²) in [5.74, 6) is -0.851. The summed E-state index contributed by atoms with van der Waals surface area (Å²) in [4.78, 5) is 38.7. The zero-order chi connectivity index (χ0) is 17.0. The number of rotatable bonds is 3. The van der Waals surface area contributed by atoms with Crippen LogP contribution in [-0.4, -0.2) is 29.2 Å². The van der Waals surface area contributed by atoms with Crippen LogP contribution in [0.5, 0.6) is 0 Å². The highest BCUT2D eigenvalue weighted by atomic mass is 16.2. The van der Waals surface area contributed by atoms with Gasteiger partial charge in [-0.05, 0) is 49.3 Å². The lowest BCUT2D eigenvalue weighted by atomic mass is 9.85. The number of hydrogen-bond donors (Lipinski definition) is 1. The van der Waals surface area contributed by atoms with Crippen LogP contribution in [0.4, 0.5) is 5.69 Å². The molecule has 2 aliphatic carbocycles. The summed E-state index contributed by atoms with van der Waals surface area (Å²) in [6.07, 6.45) is 5.00. The molecule has 1 aliphatic heterocycles. The summed E-state index contributed by atoms with van der Waals surface area (Å²) >= 11 is 0. The quantitative estimate of drug-likeness (QED) is 0.683. The number of aryl methyl sites for hydroxylation is 1. The van der Waals surface area contributed by atoms with E-state index in [0.717, 1.165) is 28.1 Å². The smallest absolute Gasteiger partial charge is 0.244 e. The first-order chi connectivity index (χ1) is 11.5. The number of hydrogen-bond acceptors (Lipinski definition) is 3. The zero-order valence-corrected chi connectivity index (χ0v) is 13.8. The summed E-state index contributed by atoms with van der Waals surface area (Å²) in [5, 5.41) is 2.82. The lowest BCUT2D eigenvalue weighted by Gasteiger charge is -2.17. The first kappa shape index (κ1) is 15.1. The fourth-order valence-electron chi connectivity index (χ4n) is 4.34. The number of likely N-dealkylation sites (tertiary alicyclic amines) is 1. The Labute approximate surface area is 140 Å². The molecule has 0 aromatic heterocycles. The van der Waals surface area contributed by atoms with Crippen molar-refractivity contribution in [3.63, 3.8) is 0 Å². The number of carbonyl (C=O) groups excluding carboxylic acids is 3. The Bertz CT molecular complexity index is 753. The van der Waals surface area contributed by atoms with Gasteiger partial charge in [-0.25, -0.2) is 0 Å². The number of nitrogens with one attached hydrogen (secondary N) is 1. The van der Waals surface area contributed by atoms with E-state index in [4.69, 9.17) is 0 Å². The maximum Gasteiger partial charge on any atom is 0.244 e. The number of allylic oxidation sites excluding steroid dienone is 2. The molecule has 0 spiro atoms. The third-order valence-corrected chi connectivity index (χ3v) is 5.74. The highest BCUT2D eigenvalue weighted by Gasteiger charge is 2.59. The van der Waals surface area contributed by atoms with Gasteiger partial charge in [0.15, 0.2) is 0 Å². The van der Waals surface area contributed by atoms with Gasteiger partial charge in [-0.2, -0.15) is 0 Å². The molecule has 1 aromatic rings. The van der Waals surface area contributed by atoms with E-state index in [1.54, 1.807) is 0 Å². The van der Waals surface area contributed by atoms with Crippen LogP contribution in [0.2, 0.25) is 0 Å². The van der Waals surface area contributed by atoms with E-state index in [1.165, 1.54) is 0 Å². The van der Waals surface area contributed by atoms with Crippen LogP contribution >= 0.6 is 0 Å². The molecule has 2 fully saturated rings. The maximum atomic E-state index is 12.6. The number of benzene rings is 1. The lowest BCUT2D eigenvalue weighted by molar-refractivity contribution is -0.143. The number of anilines is 1. The van der Waals surface area contributed by atoms with Gasteiger partial charge in [0.05, 0.1) is 11.8 Å². The van der Waals surface area contributed by atoms with Gasteiger partial charge < -0.3 is 5.32 Å². The number of fused-ring (bicyclic) bond motifs is 5. The first-order valence-corrected chi connectivity index (χ1v) is 8.37. The summed E-state index contributed by atoms with van der Waals surface area (Å²) in [6.45, 7) is 3.71. The van der Waals surface area contributed by atoms with Gasteiger partial charge in [-0.3, -0.25) is 19.3 Å². The van der Waals surface area contributed by atoms with Crippen molar-refractivity contribution in [2.75, 3.05) is 11.9 Å². The average molecular weight is 324 g/mol. The van der Waals surface area contributed by atoms with Gasteiger partial charge in [-0.15, -0.1) is 0 Å². The normalized spacial score (nSPS) is 30.2. The predicted molar refractivity (Wildman–Crippen MR) is 89.0 cm³/mol. The summed E-state index contributed by atoms with van der Waals surface area (Å²) < 4.78 is 0.